The molecule has 2 aliphatic carbocycles. The number of benzene rings is 1. The van der Waals surface area contributed by atoms with Gasteiger partial charge in [-0.05, 0) is 77.9 Å². The highest BCUT2D eigenvalue weighted by atomic mass is 16.5. The molecule has 0 atom stereocenters. The number of carbonyl (C=O) groups excluding carboxylic acids is 2. The van der Waals surface area contributed by atoms with Gasteiger partial charge in [0, 0.05) is 6.08 Å². The Bertz CT molecular complexity index is 1140. The molecule has 0 unspecified atom stereocenters. The van der Waals surface area contributed by atoms with E-state index in [9.17, 15) is 9.59 Å². The summed E-state index contributed by atoms with van der Waals surface area (Å²) in [7, 11) is 4.20. The third kappa shape index (κ3) is 4.31. The van der Waals surface area contributed by atoms with Crippen LogP contribution in [0.4, 0.5) is 0 Å². The molecule has 0 heterocycles. The van der Waals surface area contributed by atoms with Gasteiger partial charge in [0.25, 0.3) is 0 Å². The maximum atomic E-state index is 12.7. The molecule has 0 spiro atoms. The van der Waals surface area contributed by atoms with Crippen LogP contribution in [0.25, 0.3) is 27.8 Å². The molecule has 0 saturated carbocycles. The van der Waals surface area contributed by atoms with Crippen molar-refractivity contribution in [3.8, 4) is 28.0 Å². The van der Waals surface area contributed by atoms with Crippen molar-refractivity contribution in [1.82, 2.24) is 0 Å². The predicted octanol–water partition coefficient (Wildman–Crippen LogP) is 5.12. The first-order chi connectivity index (χ1) is 14.8. The van der Waals surface area contributed by atoms with E-state index in [0.717, 1.165) is 44.7 Å². The molecule has 160 valence electrons. The van der Waals surface area contributed by atoms with Crippen molar-refractivity contribution >= 4 is 17.5 Å². The zero-order valence-corrected chi connectivity index (χ0v) is 18.7. The summed E-state index contributed by atoms with van der Waals surface area (Å²) >= 11 is 0. The molecule has 5 heteroatoms. The third-order valence-corrected chi connectivity index (χ3v) is 5.31. The van der Waals surface area contributed by atoms with Gasteiger partial charge in [-0.3, -0.25) is 0 Å². The molecule has 0 aromatic heterocycles. The minimum absolute atomic E-state index is 0.158. The van der Waals surface area contributed by atoms with Crippen molar-refractivity contribution in [2.75, 3.05) is 21.3 Å². The molecule has 0 saturated heterocycles. The highest BCUT2D eigenvalue weighted by Gasteiger charge is 2.26. The number of fused-ring (bicyclic) bond motifs is 1. The average Bonchev–Trinajstić information content (AvgIpc) is 3.12. The topological polar surface area (TPSA) is 61.8 Å². The molecule has 0 fully saturated rings. The SMILES string of the molecule is COC(=O)/C=C(/C(=O)OC)c1cc(-c2ccc(OC)cc2)c2c(C)cc(C)cc(C)c1-2. The lowest BCUT2D eigenvalue weighted by molar-refractivity contribution is -0.136. The molecule has 5 nitrogen and oxygen atoms in total. The van der Waals surface area contributed by atoms with Gasteiger partial charge in [0.15, 0.2) is 0 Å². The first kappa shape index (κ1) is 22.1. The van der Waals surface area contributed by atoms with Gasteiger partial charge < -0.3 is 14.2 Å². The Morgan fingerprint density at radius 3 is 1.97 bits per heavy atom. The number of rotatable bonds is 5. The van der Waals surface area contributed by atoms with Gasteiger partial charge in [-0.15, -0.1) is 0 Å². The molecule has 0 bridgehead atoms. The minimum Gasteiger partial charge on any atom is -0.497 e. The molecule has 0 radical (unpaired) electrons. The van der Waals surface area contributed by atoms with Crippen LogP contribution in [0.3, 0.4) is 0 Å². The van der Waals surface area contributed by atoms with E-state index in [4.69, 9.17) is 14.2 Å². The number of hydrogen-bond acceptors (Lipinski definition) is 5. The Morgan fingerprint density at radius 1 is 0.806 bits per heavy atom. The van der Waals surface area contributed by atoms with Crippen LogP contribution in [0.15, 0.2) is 48.5 Å². The summed E-state index contributed by atoms with van der Waals surface area (Å²) in [5, 5.41) is 0. The molecule has 0 aliphatic heterocycles. The highest BCUT2D eigenvalue weighted by Crippen LogP contribution is 2.45. The Hall–Kier alpha value is -3.60. The highest BCUT2D eigenvalue weighted by molar-refractivity contribution is 6.23. The van der Waals surface area contributed by atoms with Gasteiger partial charge in [0.1, 0.15) is 5.75 Å². The number of ether oxygens (including phenoxy) is 3. The maximum absolute atomic E-state index is 12.7. The standard InChI is InChI=1S/C26H26O5/c1-15-11-16(2)24-20(18-7-9-19(29-4)10-8-18)13-21(25(24)17(3)12-15)22(26(28)31-6)14-23(27)30-5/h7-14H,1-6H3/b22-14+. The number of esters is 2. The molecule has 3 rings (SSSR count). The Morgan fingerprint density at radius 2 is 1.42 bits per heavy atom. The zero-order chi connectivity index (χ0) is 22.7. The third-order valence-electron chi connectivity index (χ3n) is 5.31. The molecular weight excluding hydrogens is 392 g/mol. The van der Waals surface area contributed by atoms with Gasteiger partial charge in [0.05, 0.1) is 26.9 Å². The largest absolute Gasteiger partial charge is 0.497 e. The van der Waals surface area contributed by atoms with Crippen molar-refractivity contribution in [2.24, 2.45) is 0 Å². The normalized spacial score (nSPS) is 11.4. The van der Waals surface area contributed by atoms with E-state index in [1.807, 2.05) is 51.1 Å². The van der Waals surface area contributed by atoms with Crippen LogP contribution in [0.2, 0.25) is 0 Å². The second-order valence-corrected chi connectivity index (χ2v) is 7.42. The molecule has 31 heavy (non-hydrogen) atoms. The first-order valence-corrected chi connectivity index (χ1v) is 9.88. The Balaban J connectivity index is 2.40. The van der Waals surface area contributed by atoms with Gasteiger partial charge in [-0.2, -0.15) is 0 Å². The molecule has 2 aliphatic rings. The number of aryl methyl sites for hydroxylation is 3. The number of hydrogen-bond donors (Lipinski definition) is 0. The van der Waals surface area contributed by atoms with Crippen LogP contribution in [0.5, 0.6) is 5.75 Å². The van der Waals surface area contributed by atoms with E-state index in [1.54, 1.807) is 7.11 Å². The second kappa shape index (κ2) is 9.04. The zero-order valence-electron chi connectivity index (χ0n) is 18.7. The number of methoxy groups -OCH3 is 3. The summed E-state index contributed by atoms with van der Waals surface area (Å²) in [6.45, 7) is 6.09. The summed E-state index contributed by atoms with van der Waals surface area (Å²) in [6.07, 6.45) is 1.19. The maximum Gasteiger partial charge on any atom is 0.338 e. The summed E-state index contributed by atoms with van der Waals surface area (Å²) in [4.78, 5) is 24.7. The molecule has 0 N–H and O–H groups in total. The summed E-state index contributed by atoms with van der Waals surface area (Å²) in [5.41, 5.74) is 7.82. The van der Waals surface area contributed by atoms with Crippen LogP contribution >= 0.6 is 0 Å². The minimum atomic E-state index is -0.619. The van der Waals surface area contributed by atoms with Crippen LogP contribution in [-0.4, -0.2) is 33.3 Å². The van der Waals surface area contributed by atoms with E-state index in [-0.39, 0.29) is 5.57 Å². The van der Waals surface area contributed by atoms with Crippen LogP contribution < -0.4 is 4.74 Å². The van der Waals surface area contributed by atoms with E-state index in [2.05, 4.69) is 12.1 Å². The molecular formula is C26H26O5. The Labute approximate surface area is 182 Å². The van der Waals surface area contributed by atoms with E-state index in [0.29, 0.717) is 5.56 Å². The Kier molecular flexibility index (Phi) is 6.44. The van der Waals surface area contributed by atoms with Crippen molar-refractivity contribution in [2.45, 2.75) is 20.8 Å². The van der Waals surface area contributed by atoms with E-state index >= 15 is 0 Å². The number of carbonyl (C=O) groups is 2. The van der Waals surface area contributed by atoms with Crippen LogP contribution in [0.1, 0.15) is 22.3 Å². The molecule has 1 aromatic carbocycles. The van der Waals surface area contributed by atoms with Crippen LogP contribution in [-0.2, 0) is 19.1 Å². The lowest BCUT2D eigenvalue weighted by Crippen LogP contribution is -2.07. The van der Waals surface area contributed by atoms with E-state index < -0.39 is 11.9 Å². The molecule has 1 aromatic rings. The quantitative estimate of drug-likeness (QED) is 0.425. The fourth-order valence-electron chi connectivity index (χ4n) is 3.99. The fourth-order valence-corrected chi connectivity index (χ4v) is 3.99. The van der Waals surface area contributed by atoms with Crippen LogP contribution in [0, 0.1) is 20.8 Å². The molecule has 0 amide bonds. The van der Waals surface area contributed by atoms with Gasteiger partial charge in [-0.1, -0.05) is 29.8 Å². The van der Waals surface area contributed by atoms with Crippen molar-refractivity contribution in [3.63, 3.8) is 0 Å². The predicted molar refractivity (Wildman–Crippen MR) is 121 cm³/mol. The van der Waals surface area contributed by atoms with E-state index in [1.165, 1.54) is 20.3 Å². The average molecular weight is 418 g/mol. The van der Waals surface area contributed by atoms with Gasteiger partial charge >= 0.3 is 11.9 Å². The summed E-state index contributed by atoms with van der Waals surface area (Å²) in [6, 6.07) is 13.9. The smallest absolute Gasteiger partial charge is 0.338 e. The second-order valence-electron chi connectivity index (χ2n) is 7.42. The van der Waals surface area contributed by atoms with Gasteiger partial charge in [-0.25, -0.2) is 9.59 Å². The first-order valence-electron chi connectivity index (χ1n) is 9.88. The van der Waals surface area contributed by atoms with Crippen molar-refractivity contribution in [1.29, 1.82) is 0 Å². The lowest BCUT2D eigenvalue weighted by atomic mass is 9.94. The van der Waals surface area contributed by atoms with Gasteiger partial charge in [0.2, 0.25) is 0 Å². The van der Waals surface area contributed by atoms with Crippen molar-refractivity contribution < 1.29 is 23.8 Å². The monoisotopic (exact) mass is 418 g/mol. The summed E-state index contributed by atoms with van der Waals surface area (Å²) < 4.78 is 15.1. The fraction of sp³-hybridized carbons (Fsp3) is 0.231. The lowest BCUT2D eigenvalue weighted by Gasteiger charge is -2.10. The summed E-state index contributed by atoms with van der Waals surface area (Å²) in [5.74, 6) is -0.458. The van der Waals surface area contributed by atoms with Crippen molar-refractivity contribution in [3.05, 3.63) is 70.8 Å².